The molecule has 1 aliphatic rings. The molecule has 2 N–H and O–H groups in total. The van der Waals surface area contributed by atoms with Gasteiger partial charge in [0.15, 0.2) is 5.76 Å². The smallest absolute Gasteiger partial charge is 0.321 e. The summed E-state index contributed by atoms with van der Waals surface area (Å²) < 4.78 is 5.15. The number of amides is 4. The number of benzene rings is 1. The van der Waals surface area contributed by atoms with E-state index in [-0.39, 0.29) is 17.8 Å². The van der Waals surface area contributed by atoms with E-state index in [2.05, 4.69) is 10.6 Å². The van der Waals surface area contributed by atoms with Gasteiger partial charge in [0.2, 0.25) is 0 Å². The summed E-state index contributed by atoms with van der Waals surface area (Å²) >= 11 is 0. The number of anilines is 1. The zero-order valence-electron chi connectivity index (χ0n) is 16.0. The third kappa shape index (κ3) is 4.33. The van der Waals surface area contributed by atoms with Gasteiger partial charge in [0.1, 0.15) is 0 Å². The van der Waals surface area contributed by atoms with E-state index in [0.717, 1.165) is 5.56 Å². The Hall–Kier alpha value is -3.29. The summed E-state index contributed by atoms with van der Waals surface area (Å²) in [6.07, 6.45) is 1.47. The van der Waals surface area contributed by atoms with Crippen LogP contribution in [-0.2, 0) is 0 Å². The summed E-state index contributed by atoms with van der Waals surface area (Å²) in [6, 6.07) is 8.27. The first-order valence-electron chi connectivity index (χ1n) is 9.27. The Kier molecular flexibility index (Phi) is 5.98. The van der Waals surface area contributed by atoms with Crippen molar-refractivity contribution in [3.8, 4) is 0 Å². The van der Waals surface area contributed by atoms with Gasteiger partial charge in [-0.1, -0.05) is 6.07 Å². The molecule has 1 saturated heterocycles. The van der Waals surface area contributed by atoms with Gasteiger partial charge in [0.25, 0.3) is 11.8 Å². The second kappa shape index (κ2) is 8.60. The van der Waals surface area contributed by atoms with Crippen molar-refractivity contribution in [3.05, 3.63) is 53.5 Å². The van der Waals surface area contributed by atoms with E-state index >= 15 is 0 Å². The van der Waals surface area contributed by atoms with Crippen molar-refractivity contribution in [3.63, 3.8) is 0 Å². The van der Waals surface area contributed by atoms with Crippen LogP contribution in [0.25, 0.3) is 0 Å². The predicted octanol–water partition coefficient (Wildman–Crippen LogP) is 2.33. The highest BCUT2D eigenvalue weighted by Crippen LogP contribution is 2.18. The van der Waals surface area contributed by atoms with E-state index in [1.165, 1.54) is 6.26 Å². The number of carbonyl (C=O) groups excluding carboxylic acids is 3. The number of hydrogen-bond donors (Lipinski definition) is 2. The van der Waals surface area contributed by atoms with Crippen molar-refractivity contribution in [2.24, 2.45) is 0 Å². The fraction of sp³-hybridized carbons (Fsp3) is 0.350. The molecule has 8 nitrogen and oxygen atoms in total. The van der Waals surface area contributed by atoms with Gasteiger partial charge in [-0.2, -0.15) is 0 Å². The van der Waals surface area contributed by atoms with Crippen molar-refractivity contribution in [2.45, 2.75) is 13.8 Å². The van der Waals surface area contributed by atoms with E-state index in [0.29, 0.717) is 49.7 Å². The lowest BCUT2D eigenvalue weighted by Crippen LogP contribution is -2.51. The van der Waals surface area contributed by atoms with Gasteiger partial charge in [-0.05, 0) is 43.7 Å². The van der Waals surface area contributed by atoms with Crippen LogP contribution in [-0.4, -0.2) is 60.4 Å². The van der Waals surface area contributed by atoms with Crippen LogP contribution in [0.15, 0.2) is 41.0 Å². The van der Waals surface area contributed by atoms with E-state index < -0.39 is 0 Å². The van der Waals surface area contributed by atoms with Crippen molar-refractivity contribution in [1.82, 2.24) is 15.1 Å². The lowest BCUT2D eigenvalue weighted by molar-refractivity contribution is 0.0640. The Balaban J connectivity index is 1.59. The first-order valence-corrected chi connectivity index (χ1v) is 9.27. The number of hydrogen-bond acceptors (Lipinski definition) is 4. The van der Waals surface area contributed by atoms with Crippen LogP contribution in [0.4, 0.5) is 10.5 Å². The zero-order chi connectivity index (χ0) is 20.1. The summed E-state index contributed by atoms with van der Waals surface area (Å²) in [4.78, 5) is 40.3. The lowest BCUT2D eigenvalue weighted by atomic mass is 10.1. The van der Waals surface area contributed by atoms with Crippen LogP contribution in [0.5, 0.6) is 0 Å². The van der Waals surface area contributed by atoms with Gasteiger partial charge in [-0.3, -0.25) is 9.59 Å². The minimum atomic E-state index is -0.249. The molecule has 0 aliphatic carbocycles. The molecule has 8 heteroatoms. The number of urea groups is 1. The molecule has 0 radical (unpaired) electrons. The Morgan fingerprint density at radius 2 is 1.79 bits per heavy atom. The van der Waals surface area contributed by atoms with Gasteiger partial charge < -0.3 is 24.9 Å². The third-order valence-electron chi connectivity index (χ3n) is 4.66. The quantitative estimate of drug-likeness (QED) is 0.846. The number of aryl methyl sites for hydroxylation is 1. The molecule has 1 aromatic carbocycles. The van der Waals surface area contributed by atoms with Crippen LogP contribution in [0.2, 0.25) is 0 Å². The molecule has 0 atom stereocenters. The predicted molar refractivity (Wildman–Crippen MR) is 104 cm³/mol. The number of furan rings is 1. The molecule has 0 spiro atoms. The van der Waals surface area contributed by atoms with Crippen molar-refractivity contribution in [1.29, 1.82) is 0 Å². The SMILES string of the molecule is CCNC(=O)c1ccc(C)c(NC(=O)N2CCN(C(=O)c3ccco3)CC2)c1. The standard InChI is InChI=1S/C20H24N4O4/c1-3-21-18(25)15-7-6-14(2)16(13-15)22-20(27)24-10-8-23(9-11-24)19(26)17-5-4-12-28-17/h4-7,12-13H,3,8-11H2,1-2H3,(H,21,25)(H,22,27). The maximum Gasteiger partial charge on any atom is 0.321 e. The molecule has 2 aromatic rings. The van der Waals surface area contributed by atoms with Gasteiger partial charge in [0, 0.05) is 44.0 Å². The summed E-state index contributed by atoms with van der Waals surface area (Å²) in [6.45, 7) is 5.98. The molecule has 148 valence electrons. The normalized spacial score (nSPS) is 13.9. The molecule has 2 heterocycles. The Bertz CT molecular complexity index is 855. The summed E-state index contributed by atoms with van der Waals surface area (Å²) in [7, 11) is 0. The van der Waals surface area contributed by atoms with Crippen LogP contribution in [0, 0.1) is 6.92 Å². The molecule has 1 aromatic heterocycles. The third-order valence-corrected chi connectivity index (χ3v) is 4.66. The second-order valence-corrected chi connectivity index (χ2v) is 6.58. The molecule has 1 aliphatic heterocycles. The van der Waals surface area contributed by atoms with Crippen molar-refractivity contribution < 1.29 is 18.8 Å². The highest BCUT2D eigenvalue weighted by atomic mass is 16.3. The first-order chi connectivity index (χ1) is 13.5. The van der Waals surface area contributed by atoms with Gasteiger partial charge in [-0.15, -0.1) is 0 Å². The summed E-state index contributed by atoms with van der Waals surface area (Å²) in [5, 5.41) is 5.62. The molecule has 3 rings (SSSR count). The van der Waals surface area contributed by atoms with E-state index in [1.807, 2.05) is 13.8 Å². The zero-order valence-corrected chi connectivity index (χ0v) is 16.0. The maximum atomic E-state index is 12.6. The molecular formula is C20H24N4O4. The highest BCUT2D eigenvalue weighted by molar-refractivity contribution is 5.97. The van der Waals surface area contributed by atoms with Crippen LogP contribution in [0.3, 0.4) is 0 Å². The molecule has 4 amide bonds. The van der Waals surface area contributed by atoms with Gasteiger partial charge in [-0.25, -0.2) is 4.79 Å². The van der Waals surface area contributed by atoms with Gasteiger partial charge in [0.05, 0.1) is 6.26 Å². The average Bonchev–Trinajstić information content (AvgIpc) is 3.24. The number of nitrogens with zero attached hydrogens (tertiary/aromatic N) is 2. The van der Waals surface area contributed by atoms with E-state index in [1.54, 1.807) is 40.1 Å². The summed E-state index contributed by atoms with van der Waals surface area (Å²) in [5.74, 6) is -0.0470. The monoisotopic (exact) mass is 384 g/mol. The molecule has 0 saturated carbocycles. The molecule has 28 heavy (non-hydrogen) atoms. The van der Waals surface area contributed by atoms with E-state index in [4.69, 9.17) is 4.42 Å². The topological polar surface area (TPSA) is 94.9 Å². The number of carbonyl (C=O) groups is 3. The summed E-state index contributed by atoms with van der Waals surface area (Å²) in [5.41, 5.74) is 1.97. The average molecular weight is 384 g/mol. The largest absolute Gasteiger partial charge is 0.459 e. The Morgan fingerprint density at radius 3 is 2.43 bits per heavy atom. The second-order valence-electron chi connectivity index (χ2n) is 6.58. The highest BCUT2D eigenvalue weighted by Gasteiger charge is 2.26. The van der Waals surface area contributed by atoms with Crippen LogP contribution >= 0.6 is 0 Å². The van der Waals surface area contributed by atoms with E-state index in [9.17, 15) is 14.4 Å². The first kappa shape index (κ1) is 19.5. The van der Waals surface area contributed by atoms with Crippen molar-refractivity contribution >= 4 is 23.5 Å². The van der Waals surface area contributed by atoms with Crippen LogP contribution in [0.1, 0.15) is 33.4 Å². The fourth-order valence-corrected chi connectivity index (χ4v) is 3.02. The molecule has 1 fully saturated rings. The molecule has 0 bridgehead atoms. The minimum absolute atomic E-state index is 0.171. The van der Waals surface area contributed by atoms with Crippen molar-refractivity contribution in [2.75, 3.05) is 38.0 Å². The Morgan fingerprint density at radius 1 is 1.07 bits per heavy atom. The molecular weight excluding hydrogens is 360 g/mol. The number of nitrogens with one attached hydrogen (secondary N) is 2. The molecule has 0 unspecified atom stereocenters. The Labute approximate surface area is 163 Å². The lowest BCUT2D eigenvalue weighted by Gasteiger charge is -2.34. The number of piperazine rings is 1. The fourth-order valence-electron chi connectivity index (χ4n) is 3.02. The minimum Gasteiger partial charge on any atom is -0.459 e. The van der Waals surface area contributed by atoms with Crippen LogP contribution < -0.4 is 10.6 Å². The number of rotatable bonds is 4. The van der Waals surface area contributed by atoms with Gasteiger partial charge >= 0.3 is 6.03 Å². The maximum absolute atomic E-state index is 12.6.